The average Bonchev–Trinajstić information content (AvgIpc) is 3.00. The van der Waals surface area contributed by atoms with Crippen molar-refractivity contribution in [2.24, 2.45) is 7.05 Å². The van der Waals surface area contributed by atoms with Crippen LogP contribution in [-0.2, 0) is 18.4 Å². The second-order valence-corrected chi connectivity index (χ2v) is 8.10. The number of carbonyl (C=O) groups excluding carboxylic acids is 1. The van der Waals surface area contributed by atoms with Gasteiger partial charge in [0.1, 0.15) is 12.4 Å². The van der Waals surface area contributed by atoms with Gasteiger partial charge in [0.15, 0.2) is 11.0 Å². The number of amides is 1. The monoisotopic (exact) mass is 410 g/mol. The number of thioether (sulfide) groups is 1. The van der Waals surface area contributed by atoms with Gasteiger partial charge in [0, 0.05) is 12.7 Å². The Morgan fingerprint density at radius 3 is 2.55 bits per heavy atom. The minimum Gasteiger partial charge on any atom is -0.485 e. The van der Waals surface area contributed by atoms with Gasteiger partial charge in [-0.05, 0) is 68.1 Å². The van der Waals surface area contributed by atoms with E-state index in [1.54, 1.807) is 0 Å². The Morgan fingerprint density at radius 1 is 1.10 bits per heavy atom. The van der Waals surface area contributed by atoms with E-state index in [-0.39, 0.29) is 11.7 Å². The van der Waals surface area contributed by atoms with Crippen LogP contribution in [0.25, 0.3) is 0 Å². The van der Waals surface area contributed by atoms with E-state index in [1.165, 1.54) is 17.3 Å². The number of hydrogen-bond acceptors (Lipinski definition) is 5. The lowest BCUT2D eigenvalue weighted by atomic mass is 10.1. The zero-order chi connectivity index (χ0) is 21.0. The molecule has 3 rings (SSSR count). The van der Waals surface area contributed by atoms with Crippen LogP contribution in [0.15, 0.2) is 41.6 Å². The number of nitrogens with zero attached hydrogens (tertiary/aromatic N) is 3. The maximum Gasteiger partial charge on any atom is 0.234 e. The summed E-state index contributed by atoms with van der Waals surface area (Å²) < 4.78 is 7.77. The summed E-state index contributed by atoms with van der Waals surface area (Å²) in [6.07, 6.45) is 0. The molecule has 1 aromatic heterocycles. The molecule has 1 amide bonds. The van der Waals surface area contributed by atoms with Crippen molar-refractivity contribution < 1.29 is 9.53 Å². The first-order chi connectivity index (χ1) is 13.8. The molecule has 0 aliphatic carbocycles. The van der Waals surface area contributed by atoms with E-state index in [9.17, 15) is 4.79 Å². The van der Waals surface area contributed by atoms with Gasteiger partial charge in [0.25, 0.3) is 0 Å². The predicted octanol–water partition coefficient (Wildman–Crippen LogP) is 4.36. The Labute approximate surface area is 175 Å². The standard InChI is InChI=1S/C22H26N4O2S/c1-14-9-15(2)11-18(10-14)23-21(27)13-29-22-25-24-20(26(22)5)12-28-19-8-6-7-16(3)17(19)4/h6-11H,12-13H2,1-5H3,(H,23,27). The minimum atomic E-state index is -0.0730. The van der Waals surface area contributed by atoms with Crippen molar-refractivity contribution in [1.82, 2.24) is 14.8 Å². The summed E-state index contributed by atoms with van der Waals surface area (Å²) in [5.74, 6) is 1.74. The van der Waals surface area contributed by atoms with Crippen LogP contribution < -0.4 is 10.1 Å². The largest absolute Gasteiger partial charge is 0.485 e. The number of aryl methyl sites for hydroxylation is 3. The number of rotatable bonds is 7. The normalized spacial score (nSPS) is 10.8. The molecule has 0 saturated carbocycles. The number of nitrogens with one attached hydrogen (secondary N) is 1. The fraction of sp³-hybridized carbons (Fsp3) is 0.318. The van der Waals surface area contributed by atoms with Crippen molar-refractivity contribution in [3.8, 4) is 5.75 Å². The summed E-state index contributed by atoms with van der Waals surface area (Å²) in [4.78, 5) is 12.3. The summed E-state index contributed by atoms with van der Waals surface area (Å²) in [6, 6.07) is 12.0. The van der Waals surface area contributed by atoms with Crippen LogP contribution in [-0.4, -0.2) is 26.4 Å². The maximum atomic E-state index is 12.3. The SMILES string of the molecule is Cc1cc(C)cc(NC(=O)CSc2nnc(COc3cccc(C)c3C)n2C)c1. The van der Waals surface area contributed by atoms with E-state index in [0.717, 1.165) is 28.1 Å². The van der Waals surface area contributed by atoms with Gasteiger partial charge in [0.05, 0.1) is 5.75 Å². The van der Waals surface area contributed by atoms with Gasteiger partial charge in [-0.1, -0.05) is 30.0 Å². The van der Waals surface area contributed by atoms with E-state index in [1.807, 2.05) is 56.7 Å². The van der Waals surface area contributed by atoms with Crippen molar-refractivity contribution in [2.45, 2.75) is 39.5 Å². The quantitative estimate of drug-likeness (QED) is 0.586. The molecule has 0 unspecified atom stereocenters. The van der Waals surface area contributed by atoms with E-state index < -0.39 is 0 Å². The summed E-state index contributed by atoms with van der Waals surface area (Å²) in [5.41, 5.74) is 5.36. The van der Waals surface area contributed by atoms with Crippen LogP contribution in [0.3, 0.4) is 0 Å². The molecule has 3 aromatic rings. The van der Waals surface area contributed by atoms with Gasteiger partial charge >= 0.3 is 0 Å². The predicted molar refractivity (Wildman–Crippen MR) is 117 cm³/mol. The van der Waals surface area contributed by atoms with E-state index in [2.05, 4.69) is 34.6 Å². The molecule has 1 N–H and O–H groups in total. The van der Waals surface area contributed by atoms with Crippen LogP contribution in [0.2, 0.25) is 0 Å². The first kappa shape index (κ1) is 20.9. The molecule has 2 aromatic carbocycles. The molecule has 152 valence electrons. The molecule has 7 heteroatoms. The third-order valence-corrected chi connectivity index (χ3v) is 5.69. The van der Waals surface area contributed by atoms with Crippen LogP contribution in [0.5, 0.6) is 5.75 Å². The van der Waals surface area contributed by atoms with Crippen molar-refractivity contribution in [2.75, 3.05) is 11.1 Å². The molecule has 6 nitrogen and oxygen atoms in total. The molecule has 0 saturated heterocycles. The van der Waals surface area contributed by atoms with Gasteiger partial charge in [-0.25, -0.2) is 0 Å². The number of anilines is 1. The third-order valence-electron chi connectivity index (χ3n) is 4.67. The smallest absolute Gasteiger partial charge is 0.234 e. The van der Waals surface area contributed by atoms with Crippen LogP contribution in [0.4, 0.5) is 5.69 Å². The highest BCUT2D eigenvalue weighted by atomic mass is 32.2. The van der Waals surface area contributed by atoms with Crippen molar-refractivity contribution in [1.29, 1.82) is 0 Å². The lowest BCUT2D eigenvalue weighted by Crippen LogP contribution is -2.14. The van der Waals surface area contributed by atoms with E-state index in [4.69, 9.17) is 4.74 Å². The lowest BCUT2D eigenvalue weighted by Gasteiger charge is -2.10. The summed E-state index contributed by atoms with van der Waals surface area (Å²) >= 11 is 1.35. The molecule has 0 atom stereocenters. The topological polar surface area (TPSA) is 69.0 Å². The number of ether oxygens (including phenoxy) is 1. The molecule has 0 fully saturated rings. The number of aromatic nitrogens is 3. The highest BCUT2D eigenvalue weighted by Crippen LogP contribution is 2.22. The molecule has 1 heterocycles. The average molecular weight is 411 g/mol. The first-order valence-corrected chi connectivity index (χ1v) is 10.4. The first-order valence-electron chi connectivity index (χ1n) is 9.41. The number of benzene rings is 2. The van der Waals surface area contributed by atoms with Gasteiger partial charge in [0.2, 0.25) is 5.91 Å². The summed E-state index contributed by atoms with van der Waals surface area (Å²) in [7, 11) is 1.88. The second kappa shape index (κ2) is 9.13. The molecule has 0 aliphatic heterocycles. The van der Waals surface area contributed by atoms with Gasteiger partial charge in [-0.3, -0.25) is 4.79 Å². The second-order valence-electron chi connectivity index (χ2n) is 7.16. The molecule has 0 bridgehead atoms. The molecule has 29 heavy (non-hydrogen) atoms. The Hall–Kier alpha value is -2.80. The fourth-order valence-corrected chi connectivity index (χ4v) is 3.72. The zero-order valence-corrected chi connectivity index (χ0v) is 18.3. The molecule has 0 aliphatic rings. The zero-order valence-electron chi connectivity index (χ0n) is 17.4. The Balaban J connectivity index is 1.56. The van der Waals surface area contributed by atoms with E-state index >= 15 is 0 Å². The highest BCUT2D eigenvalue weighted by molar-refractivity contribution is 7.99. The third kappa shape index (κ3) is 5.38. The van der Waals surface area contributed by atoms with Gasteiger partial charge in [-0.15, -0.1) is 10.2 Å². The Morgan fingerprint density at radius 2 is 1.83 bits per heavy atom. The van der Waals surface area contributed by atoms with E-state index in [0.29, 0.717) is 17.6 Å². The molecule has 0 spiro atoms. The van der Waals surface area contributed by atoms with Crippen LogP contribution in [0, 0.1) is 27.7 Å². The lowest BCUT2D eigenvalue weighted by molar-refractivity contribution is -0.113. The Bertz CT molecular complexity index is 1010. The van der Waals surface area contributed by atoms with Crippen molar-refractivity contribution in [3.63, 3.8) is 0 Å². The number of hydrogen-bond donors (Lipinski definition) is 1. The maximum absolute atomic E-state index is 12.3. The highest BCUT2D eigenvalue weighted by Gasteiger charge is 2.13. The molecular weight excluding hydrogens is 384 g/mol. The Kier molecular flexibility index (Phi) is 6.59. The van der Waals surface area contributed by atoms with Crippen molar-refractivity contribution >= 4 is 23.4 Å². The minimum absolute atomic E-state index is 0.0730. The van der Waals surface area contributed by atoms with Crippen LogP contribution >= 0.6 is 11.8 Å². The molecule has 0 radical (unpaired) electrons. The summed E-state index contributed by atoms with van der Waals surface area (Å²) in [5, 5.41) is 12.0. The summed E-state index contributed by atoms with van der Waals surface area (Å²) in [6.45, 7) is 8.44. The number of carbonyl (C=O) groups is 1. The fourth-order valence-electron chi connectivity index (χ4n) is 2.99. The molecular formula is C22H26N4O2S. The van der Waals surface area contributed by atoms with Gasteiger partial charge in [-0.2, -0.15) is 0 Å². The van der Waals surface area contributed by atoms with Crippen molar-refractivity contribution in [3.05, 3.63) is 64.5 Å². The van der Waals surface area contributed by atoms with Crippen LogP contribution in [0.1, 0.15) is 28.1 Å². The van der Waals surface area contributed by atoms with Gasteiger partial charge < -0.3 is 14.6 Å².